The highest BCUT2D eigenvalue weighted by Gasteiger charge is 2.19. The van der Waals surface area contributed by atoms with Crippen LogP contribution in [0, 0.1) is 18.3 Å². The normalized spacial score (nSPS) is 13.9. The number of aromatic nitrogens is 3. The van der Waals surface area contributed by atoms with Crippen LogP contribution in [-0.2, 0) is 11.8 Å². The molecule has 1 saturated heterocycles. The zero-order valence-corrected chi connectivity index (χ0v) is 16.2. The number of carbonyl (C=O) groups is 1. The molecule has 1 aliphatic heterocycles. The molecule has 0 saturated carbocycles. The van der Waals surface area contributed by atoms with Gasteiger partial charge in [-0.25, -0.2) is 14.8 Å². The fourth-order valence-corrected chi connectivity index (χ4v) is 3.16. The zero-order chi connectivity index (χ0) is 20.4. The van der Waals surface area contributed by atoms with E-state index >= 15 is 0 Å². The Kier molecular flexibility index (Phi) is 5.01. The molecule has 2 amide bonds. The van der Waals surface area contributed by atoms with Crippen molar-refractivity contribution in [3.8, 4) is 17.6 Å². The Morgan fingerprint density at radius 3 is 2.79 bits per heavy atom. The van der Waals surface area contributed by atoms with Crippen LogP contribution in [-0.4, -0.2) is 51.8 Å². The van der Waals surface area contributed by atoms with E-state index in [4.69, 9.17) is 14.7 Å². The van der Waals surface area contributed by atoms with Crippen molar-refractivity contribution in [2.75, 3.05) is 31.6 Å². The van der Waals surface area contributed by atoms with Gasteiger partial charge in [0.1, 0.15) is 28.8 Å². The number of carbonyl (C=O) groups excluding carboxylic acids is 1. The highest BCUT2D eigenvalue weighted by atomic mass is 16.5. The summed E-state index contributed by atoms with van der Waals surface area (Å²) in [6, 6.07) is 7.07. The second kappa shape index (κ2) is 7.77. The Bertz CT molecular complexity index is 1110. The fourth-order valence-electron chi connectivity index (χ4n) is 3.16. The molecule has 2 aromatic heterocycles. The summed E-state index contributed by atoms with van der Waals surface area (Å²) in [5.41, 5.74) is 3.18. The lowest BCUT2D eigenvalue weighted by molar-refractivity contribution is 0.0565. The lowest BCUT2D eigenvalue weighted by Crippen LogP contribution is -2.43. The highest BCUT2D eigenvalue weighted by molar-refractivity contribution is 5.99. The van der Waals surface area contributed by atoms with Crippen molar-refractivity contribution in [2.45, 2.75) is 6.92 Å². The van der Waals surface area contributed by atoms with Crippen LogP contribution in [0.2, 0.25) is 0 Å². The third kappa shape index (κ3) is 3.83. The van der Waals surface area contributed by atoms with Crippen molar-refractivity contribution in [1.29, 1.82) is 5.26 Å². The van der Waals surface area contributed by atoms with Crippen LogP contribution in [0.25, 0.3) is 11.0 Å². The number of amides is 2. The topological polar surface area (TPSA) is 105 Å². The van der Waals surface area contributed by atoms with E-state index in [1.807, 2.05) is 30.7 Å². The number of hydrogen-bond donors (Lipinski definition) is 1. The predicted octanol–water partition coefficient (Wildman–Crippen LogP) is 2.80. The van der Waals surface area contributed by atoms with Crippen LogP contribution in [0.4, 0.5) is 10.5 Å². The molecule has 29 heavy (non-hydrogen) atoms. The van der Waals surface area contributed by atoms with E-state index in [0.717, 1.165) is 11.1 Å². The first kappa shape index (κ1) is 18.7. The van der Waals surface area contributed by atoms with Crippen molar-refractivity contribution in [2.24, 2.45) is 7.05 Å². The number of benzene rings is 1. The first-order valence-electron chi connectivity index (χ1n) is 9.18. The smallest absolute Gasteiger partial charge is 0.322 e. The van der Waals surface area contributed by atoms with Crippen molar-refractivity contribution in [1.82, 2.24) is 19.4 Å². The van der Waals surface area contributed by atoms with Crippen LogP contribution in [0.3, 0.4) is 0 Å². The van der Waals surface area contributed by atoms with Crippen LogP contribution >= 0.6 is 0 Å². The number of nitrogens with one attached hydrogen (secondary N) is 1. The molecule has 0 atom stereocenters. The molecule has 1 N–H and O–H groups in total. The van der Waals surface area contributed by atoms with Gasteiger partial charge in [0.2, 0.25) is 0 Å². The molecule has 4 rings (SSSR count). The molecule has 1 aliphatic rings. The number of ether oxygens (including phenoxy) is 2. The Morgan fingerprint density at radius 2 is 2.07 bits per heavy atom. The molecule has 148 valence electrons. The number of nitrogens with zero attached hydrogens (tertiary/aromatic N) is 5. The maximum atomic E-state index is 12.7. The number of fused-ring (bicyclic) bond motifs is 1. The van der Waals surface area contributed by atoms with Gasteiger partial charge in [0.25, 0.3) is 0 Å². The fraction of sp³-hybridized carbons (Fsp3) is 0.300. The standard InChI is InChI=1S/C20H20N6O3/c1-13-7-14(10-21)22-11-18(13)29-15-8-16(19-17(9-15)25(2)12-23-19)24-20(27)26-3-5-28-6-4-26/h7-9,11-12H,3-6H2,1-2H3,(H,24,27). The van der Waals surface area contributed by atoms with Gasteiger partial charge in [0.05, 0.1) is 36.9 Å². The van der Waals surface area contributed by atoms with E-state index in [2.05, 4.69) is 15.3 Å². The van der Waals surface area contributed by atoms with Crippen molar-refractivity contribution in [3.05, 3.63) is 42.0 Å². The van der Waals surface area contributed by atoms with Crippen molar-refractivity contribution in [3.63, 3.8) is 0 Å². The van der Waals surface area contributed by atoms with E-state index < -0.39 is 0 Å². The summed E-state index contributed by atoms with van der Waals surface area (Å²) >= 11 is 0. The molecule has 0 spiro atoms. The minimum absolute atomic E-state index is 0.200. The molecule has 0 unspecified atom stereocenters. The van der Waals surface area contributed by atoms with Gasteiger partial charge in [0.15, 0.2) is 0 Å². The number of pyridine rings is 1. The van der Waals surface area contributed by atoms with Crippen LogP contribution in [0.5, 0.6) is 11.5 Å². The number of rotatable bonds is 3. The van der Waals surface area contributed by atoms with E-state index in [-0.39, 0.29) is 6.03 Å². The van der Waals surface area contributed by atoms with E-state index in [1.54, 1.807) is 23.4 Å². The minimum Gasteiger partial charge on any atom is -0.455 e. The van der Waals surface area contributed by atoms with Gasteiger partial charge in [-0.1, -0.05) is 0 Å². The lowest BCUT2D eigenvalue weighted by atomic mass is 10.2. The largest absolute Gasteiger partial charge is 0.455 e. The van der Waals surface area contributed by atoms with Gasteiger partial charge >= 0.3 is 6.03 Å². The van der Waals surface area contributed by atoms with Gasteiger partial charge in [-0.15, -0.1) is 0 Å². The number of morpholine rings is 1. The zero-order valence-electron chi connectivity index (χ0n) is 16.2. The summed E-state index contributed by atoms with van der Waals surface area (Å²) in [6.45, 7) is 4.00. The Hall–Kier alpha value is -3.64. The molecular weight excluding hydrogens is 372 g/mol. The van der Waals surface area contributed by atoms with Gasteiger partial charge in [-0.2, -0.15) is 5.26 Å². The molecule has 0 aliphatic carbocycles. The quantitative estimate of drug-likeness (QED) is 0.735. The van der Waals surface area contributed by atoms with Gasteiger partial charge in [0, 0.05) is 32.3 Å². The number of anilines is 1. The maximum Gasteiger partial charge on any atom is 0.322 e. The third-order valence-electron chi connectivity index (χ3n) is 4.75. The SMILES string of the molecule is Cc1cc(C#N)ncc1Oc1cc(NC(=O)N2CCOCC2)c2ncn(C)c2c1. The summed E-state index contributed by atoms with van der Waals surface area (Å²) < 4.78 is 13.2. The number of urea groups is 1. The van der Waals surface area contributed by atoms with Crippen LogP contribution in [0.15, 0.2) is 30.7 Å². The van der Waals surface area contributed by atoms with Crippen molar-refractivity contribution < 1.29 is 14.3 Å². The molecule has 0 radical (unpaired) electrons. The average molecular weight is 392 g/mol. The first-order valence-corrected chi connectivity index (χ1v) is 9.18. The predicted molar refractivity (Wildman–Crippen MR) is 106 cm³/mol. The van der Waals surface area contributed by atoms with Gasteiger partial charge < -0.3 is 24.3 Å². The maximum absolute atomic E-state index is 12.7. The lowest BCUT2D eigenvalue weighted by Gasteiger charge is -2.27. The van der Waals surface area contributed by atoms with Crippen LogP contribution in [0.1, 0.15) is 11.3 Å². The number of aryl methyl sites for hydroxylation is 2. The second-order valence-corrected chi connectivity index (χ2v) is 6.77. The second-order valence-electron chi connectivity index (χ2n) is 6.77. The molecule has 3 heterocycles. The first-order chi connectivity index (χ1) is 14.0. The van der Waals surface area contributed by atoms with Gasteiger partial charge in [-0.05, 0) is 18.6 Å². The Balaban J connectivity index is 1.66. The van der Waals surface area contributed by atoms with Crippen molar-refractivity contribution >= 4 is 22.8 Å². The minimum atomic E-state index is -0.200. The Labute approximate surface area is 167 Å². The van der Waals surface area contributed by atoms with E-state index in [9.17, 15) is 4.79 Å². The number of nitriles is 1. The highest BCUT2D eigenvalue weighted by Crippen LogP contribution is 2.32. The summed E-state index contributed by atoms with van der Waals surface area (Å²) in [5, 5.41) is 11.9. The third-order valence-corrected chi connectivity index (χ3v) is 4.75. The number of imidazole rings is 1. The average Bonchev–Trinajstić information content (AvgIpc) is 3.11. The number of hydrogen-bond acceptors (Lipinski definition) is 6. The molecule has 1 aromatic carbocycles. The molecule has 1 fully saturated rings. The summed E-state index contributed by atoms with van der Waals surface area (Å²) in [4.78, 5) is 22.8. The van der Waals surface area contributed by atoms with E-state index in [1.165, 1.54) is 6.20 Å². The molecular formula is C20H20N6O3. The summed E-state index contributed by atoms with van der Waals surface area (Å²) in [7, 11) is 1.88. The Morgan fingerprint density at radius 1 is 1.28 bits per heavy atom. The molecule has 9 nitrogen and oxygen atoms in total. The molecule has 0 bridgehead atoms. The van der Waals surface area contributed by atoms with Crippen LogP contribution < -0.4 is 10.1 Å². The molecule has 9 heteroatoms. The summed E-state index contributed by atoms with van der Waals surface area (Å²) in [6.07, 6.45) is 3.21. The summed E-state index contributed by atoms with van der Waals surface area (Å²) in [5.74, 6) is 1.07. The van der Waals surface area contributed by atoms with Gasteiger partial charge in [-0.3, -0.25) is 0 Å². The molecule has 3 aromatic rings. The monoisotopic (exact) mass is 392 g/mol. The van der Waals surface area contributed by atoms with E-state index in [0.29, 0.717) is 54.7 Å².